The maximum Gasteiger partial charge on any atom is 0.173 e. The summed E-state index contributed by atoms with van der Waals surface area (Å²) < 4.78 is 12.4. The number of benzene rings is 1. The predicted molar refractivity (Wildman–Crippen MR) is 94.5 cm³/mol. The number of furan rings is 1. The Hall–Kier alpha value is -1.85. The minimum Gasteiger partial charge on any atom is -0.493 e. The highest BCUT2D eigenvalue weighted by Crippen LogP contribution is 2.35. The van der Waals surface area contributed by atoms with Gasteiger partial charge >= 0.3 is 0 Å². The molecule has 1 unspecified atom stereocenters. The van der Waals surface area contributed by atoms with E-state index in [9.17, 15) is 0 Å². The topological polar surface area (TPSA) is 61.3 Å². The van der Waals surface area contributed by atoms with Gasteiger partial charge in [-0.3, -0.25) is 4.98 Å². The molecule has 0 radical (unpaired) electrons. The van der Waals surface area contributed by atoms with Crippen LogP contribution in [0, 0.1) is 6.92 Å². The number of pyridine rings is 1. The van der Waals surface area contributed by atoms with E-state index >= 15 is 0 Å². The monoisotopic (exact) mass is 374 g/mol. The van der Waals surface area contributed by atoms with Gasteiger partial charge in [-0.2, -0.15) is 0 Å². The number of fused-ring (bicyclic) bond motifs is 1. The van der Waals surface area contributed by atoms with Crippen molar-refractivity contribution in [1.82, 2.24) is 4.98 Å². The van der Waals surface area contributed by atoms with Crippen molar-refractivity contribution < 1.29 is 9.15 Å². The minimum atomic E-state index is -0.00658. The van der Waals surface area contributed by atoms with Crippen molar-refractivity contribution in [3.63, 3.8) is 0 Å². The fraction of sp³-hybridized carbons (Fsp3) is 0.278. The highest BCUT2D eigenvalue weighted by Gasteiger charge is 2.13. The van der Waals surface area contributed by atoms with Gasteiger partial charge < -0.3 is 14.9 Å². The molecule has 23 heavy (non-hydrogen) atoms. The summed E-state index contributed by atoms with van der Waals surface area (Å²) in [6, 6.07) is 9.76. The van der Waals surface area contributed by atoms with E-state index in [2.05, 4.69) is 20.9 Å². The first kappa shape index (κ1) is 16.0. The van der Waals surface area contributed by atoms with Crippen LogP contribution in [-0.2, 0) is 0 Å². The third-order valence-electron chi connectivity index (χ3n) is 3.89. The van der Waals surface area contributed by atoms with E-state index in [-0.39, 0.29) is 6.04 Å². The van der Waals surface area contributed by atoms with Gasteiger partial charge in [0.2, 0.25) is 0 Å². The second kappa shape index (κ2) is 7.15. The predicted octanol–water partition coefficient (Wildman–Crippen LogP) is 4.76. The molecule has 1 atom stereocenters. The molecule has 0 spiro atoms. The van der Waals surface area contributed by atoms with Crippen molar-refractivity contribution in [3.05, 3.63) is 58.5 Å². The van der Waals surface area contributed by atoms with E-state index in [0.29, 0.717) is 6.61 Å². The largest absolute Gasteiger partial charge is 0.493 e. The number of aromatic nitrogens is 1. The van der Waals surface area contributed by atoms with E-state index in [1.807, 2.05) is 43.5 Å². The third kappa shape index (κ3) is 3.57. The zero-order chi connectivity index (χ0) is 16.2. The molecule has 0 saturated heterocycles. The van der Waals surface area contributed by atoms with Crippen LogP contribution in [0.25, 0.3) is 11.0 Å². The average Bonchev–Trinajstić information content (AvgIpc) is 2.87. The number of nitrogens with zero attached hydrogens (tertiary/aromatic N) is 1. The summed E-state index contributed by atoms with van der Waals surface area (Å²) in [5, 5.41) is 1.02. The van der Waals surface area contributed by atoms with Gasteiger partial charge in [-0.1, -0.05) is 12.1 Å². The molecule has 0 amide bonds. The second-order valence-electron chi connectivity index (χ2n) is 5.51. The third-order valence-corrected chi connectivity index (χ3v) is 4.64. The van der Waals surface area contributed by atoms with Gasteiger partial charge in [0.1, 0.15) is 11.3 Å². The Morgan fingerprint density at radius 3 is 2.96 bits per heavy atom. The molecule has 2 aromatic heterocycles. The molecular formula is C18H19BrN2O2. The summed E-state index contributed by atoms with van der Waals surface area (Å²) in [6.45, 7) is 2.64. The SMILES string of the molecule is Cc1c(Br)oc2cccc(OCCCC(N)c3cccnc3)c12. The molecule has 0 saturated carbocycles. The fourth-order valence-corrected chi connectivity index (χ4v) is 2.98. The highest BCUT2D eigenvalue weighted by molar-refractivity contribution is 9.10. The van der Waals surface area contributed by atoms with Crippen molar-refractivity contribution in [2.24, 2.45) is 5.73 Å². The number of hydrogen-bond acceptors (Lipinski definition) is 4. The lowest BCUT2D eigenvalue weighted by molar-refractivity contribution is 0.305. The molecule has 0 bridgehead atoms. The van der Waals surface area contributed by atoms with E-state index < -0.39 is 0 Å². The van der Waals surface area contributed by atoms with Crippen LogP contribution < -0.4 is 10.5 Å². The lowest BCUT2D eigenvalue weighted by Crippen LogP contribution is -2.12. The molecule has 3 aromatic rings. The quantitative estimate of drug-likeness (QED) is 0.631. The van der Waals surface area contributed by atoms with Gasteiger partial charge in [-0.15, -0.1) is 0 Å². The summed E-state index contributed by atoms with van der Waals surface area (Å²) in [6.07, 6.45) is 5.31. The van der Waals surface area contributed by atoms with E-state index in [1.54, 1.807) is 6.20 Å². The Morgan fingerprint density at radius 2 is 2.17 bits per heavy atom. The molecule has 0 aliphatic heterocycles. The Kier molecular flexibility index (Phi) is 4.98. The maximum absolute atomic E-state index is 6.18. The van der Waals surface area contributed by atoms with Crippen LogP contribution in [0.3, 0.4) is 0 Å². The first-order valence-electron chi connectivity index (χ1n) is 7.62. The van der Waals surface area contributed by atoms with Gasteiger partial charge in [-0.05, 0) is 59.5 Å². The minimum absolute atomic E-state index is 0.00658. The van der Waals surface area contributed by atoms with Crippen molar-refractivity contribution in [3.8, 4) is 5.75 Å². The van der Waals surface area contributed by atoms with E-state index in [4.69, 9.17) is 14.9 Å². The van der Waals surface area contributed by atoms with Crippen molar-refractivity contribution in [2.45, 2.75) is 25.8 Å². The van der Waals surface area contributed by atoms with Crippen molar-refractivity contribution >= 4 is 26.9 Å². The Bertz CT molecular complexity index is 786. The standard InChI is InChI=1S/C18H19BrN2O2/c1-12-17-15(7-2-8-16(17)23-18(12)19)22-10-4-6-14(20)13-5-3-9-21-11-13/h2-3,5,7-9,11,14H,4,6,10,20H2,1H3. The Balaban J connectivity index is 1.59. The van der Waals surface area contributed by atoms with Gasteiger partial charge in [0.15, 0.2) is 4.67 Å². The van der Waals surface area contributed by atoms with Crippen LogP contribution in [0.5, 0.6) is 5.75 Å². The number of rotatable bonds is 6. The number of nitrogens with two attached hydrogens (primary N) is 1. The van der Waals surface area contributed by atoms with Crippen LogP contribution in [-0.4, -0.2) is 11.6 Å². The van der Waals surface area contributed by atoms with Gasteiger partial charge in [0, 0.05) is 24.0 Å². The number of hydrogen-bond donors (Lipinski definition) is 1. The van der Waals surface area contributed by atoms with Crippen LogP contribution >= 0.6 is 15.9 Å². The summed E-state index contributed by atoms with van der Waals surface area (Å²) in [7, 11) is 0. The van der Waals surface area contributed by atoms with Crippen LogP contribution in [0.4, 0.5) is 0 Å². The van der Waals surface area contributed by atoms with Crippen LogP contribution in [0.15, 0.2) is 51.8 Å². The molecule has 4 nitrogen and oxygen atoms in total. The summed E-state index contributed by atoms with van der Waals surface area (Å²) >= 11 is 3.42. The normalized spacial score (nSPS) is 12.5. The smallest absolute Gasteiger partial charge is 0.173 e. The first-order chi connectivity index (χ1) is 11.2. The maximum atomic E-state index is 6.18. The van der Waals surface area contributed by atoms with Crippen LogP contribution in [0.1, 0.15) is 30.0 Å². The Labute approximate surface area is 143 Å². The van der Waals surface area contributed by atoms with E-state index in [1.165, 1.54) is 0 Å². The molecule has 2 heterocycles. The van der Waals surface area contributed by atoms with Gasteiger partial charge in [-0.25, -0.2) is 0 Å². The molecular weight excluding hydrogens is 356 g/mol. The molecule has 3 rings (SSSR count). The zero-order valence-corrected chi connectivity index (χ0v) is 14.5. The summed E-state index contributed by atoms with van der Waals surface area (Å²) in [5.41, 5.74) is 9.13. The molecule has 5 heteroatoms. The highest BCUT2D eigenvalue weighted by atomic mass is 79.9. The Morgan fingerprint density at radius 1 is 1.30 bits per heavy atom. The number of aryl methyl sites for hydroxylation is 1. The summed E-state index contributed by atoms with van der Waals surface area (Å²) in [4.78, 5) is 4.10. The van der Waals surface area contributed by atoms with E-state index in [0.717, 1.165) is 45.4 Å². The number of ether oxygens (including phenoxy) is 1. The van der Waals surface area contributed by atoms with Crippen molar-refractivity contribution in [2.75, 3.05) is 6.61 Å². The fourth-order valence-electron chi connectivity index (χ4n) is 2.60. The van der Waals surface area contributed by atoms with Gasteiger partial charge in [0.05, 0.1) is 12.0 Å². The summed E-state index contributed by atoms with van der Waals surface area (Å²) in [5.74, 6) is 0.851. The van der Waals surface area contributed by atoms with Crippen LogP contribution in [0.2, 0.25) is 0 Å². The van der Waals surface area contributed by atoms with Crippen molar-refractivity contribution in [1.29, 1.82) is 0 Å². The molecule has 1 aromatic carbocycles. The molecule has 2 N–H and O–H groups in total. The zero-order valence-electron chi connectivity index (χ0n) is 13.0. The lowest BCUT2D eigenvalue weighted by Gasteiger charge is -2.12. The molecule has 0 aliphatic carbocycles. The second-order valence-corrected chi connectivity index (χ2v) is 6.23. The first-order valence-corrected chi connectivity index (χ1v) is 8.42. The average molecular weight is 375 g/mol. The molecule has 120 valence electrons. The lowest BCUT2D eigenvalue weighted by atomic mass is 10.1. The molecule has 0 aliphatic rings. The van der Waals surface area contributed by atoms with Gasteiger partial charge in [0.25, 0.3) is 0 Å². The number of halogens is 1. The molecule has 0 fully saturated rings.